The molecule has 1 saturated heterocycles. The Morgan fingerprint density at radius 2 is 2.05 bits per heavy atom. The van der Waals surface area contributed by atoms with Crippen LogP contribution in [0.5, 0.6) is 0 Å². The van der Waals surface area contributed by atoms with Gasteiger partial charge in [0, 0.05) is 30.1 Å². The van der Waals surface area contributed by atoms with Crippen LogP contribution in [0.2, 0.25) is 5.02 Å². The van der Waals surface area contributed by atoms with Gasteiger partial charge in [0.1, 0.15) is 0 Å². The summed E-state index contributed by atoms with van der Waals surface area (Å²) in [5.74, 6) is 0.0748. The predicted molar refractivity (Wildman–Crippen MR) is 87.5 cm³/mol. The monoisotopic (exact) mass is 315 g/mol. The minimum absolute atomic E-state index is 0.0748. The van der Waals surface area contributed by atoms with Gasteiger partial charge in [-0.15, -0.1) is 0 Å². The summed E-state index contributed by atoms with van der Waals surface area (Å²) in [6, 6.07) is 15.1. The molecule has 1 aliphatic rings. The number of ketones is 1. The maximum Gasteiger partial charge on any atom is 0.167 e. The molecule has 1 aliphatic heterocycles. The average Bonchev–Trinajstić information content (AvgIpc) is 2.56. The molecule has 2 aromatic rings. The molecular formula is C18H18ClNO2. The SMILES string of the molecule is O=C(Cc1ccc([C@H]2CNCCO2)cc1)c1cccc(Cl)c1. The topological polar surface area (TPSA) is 38.3 Å². The van der Waals surface area contributed by atoms with Gasteiger partial charge < -0.3 is 10.1 Å². The third kappa shape index (κ3) is 3.74. The summed E-state index contributed by atoms with van der Waals surface area (Å²) in [7, 11) is 0. The summed E-state index contributed by atoms with van der Waals surface area (Å²) >= 11 is 5.93. The Labute approximate surface area is 135 Å². The molecule has 1 heterocycles. The maximum absolute atomic E-state index is 12.3. The van der Waals surface area contributed by atoms with E-state index in [0.717, 1.165) is 30.8 Å². The highest BCUT2D eigenvalue weighted by molar-refractivity contribution is 6.31. The molecule has 0 spiro atoms. The van der Waals surface area contributed by atoms with E-state index in [-0.39, 0.29) is 11.9 Å². The maximum atomic E-state index is 12.3. The van der Waals surface area contributed by atoms with Gasteiger partial charge in [0.2, 0.25) is 0 Å². The number of rotatable bonds is 4. The lowest BCUT2D eigenvalue weighted by molar-refractivity contribution is 0.0277. The Kier molecular flexibility index (Phi) is 4.88. The third-order valence-corrected chi connectivity index (χ3v) is 4.03. The van der Waals surface area contributed by atoms with Gasteiger partial charge in [-0.3, -0.25) is 4.79 Å². The van der Waals surface area contributed by atoms with Crippen molar-refractivity contribution in [3.8, 4) is 0 Å². The van der Waals surface area contributed by atoms with Gasteiger partial charge in [-0.05, 0) is 23.3 Å². The largest absolute Gasteiger partial charge is 0.371 e. The lowest BCUT2D eigenvalue weighted by Crippen LogP contribution is -2.33. The third-order valence-electron chi connectivity index (χ3n) is 3.79. The van der Waals surface area contributed by atoms with Crippen molar-refractivity contribution in [2.24, 2.45) is 0 Å². The Morgan fingerprint density at radius 3 is 2.73 bits per heavy atom. The second-order valence-electron chi connectivity index (χ2n) is 5.42. The van der Waals surface area contributed by atoms with Crippen molar-refractivity contribution in [1.82, 2.24) is 5.32 Å². The van der Waals surface area contributed by atoms with Crippen LogP contribution in [0, 0.1) is 0 Å². The van der Waals surface area contributed by atoms with Crippen molar-refractivity contribution >= 4 is 17.4 Å². The predicted octanol–water partition coefficient (Wildman–Crippen LogP) is 3.43. The number of carbonyl (C=O) groups is 1. The van der Waals surface area contributed by atoms with Gasteiger partial charge in [0.25, 0.3) is 0 Å². The first-order valence-corrected chi connectivity index (χ1v) is 7.80. The molecule has 1 N–H and O–H groups in total. The first-order valence-electron chi connectivity index (χ1n) is 7.42. The number of nitrogens with one attached hydrogen (secondary N) is 1. The average molecular weight is 316 g/mol. The van der Waals surface area contributed by atoms with Crippen LogP contribution in [0.15, 0.2) is 48.5 Å². The summed E-state index contributed by atoms with van der Waals surface area (Å²) in [6.07, 6.45) is 0.483. The Bertz CT molecular complexity index is 648. The van der Waals surface area contributed by atoms with Crippen molar-refractivity contribution in [3.63, 3.8) is 0 Å². The summed E-state index contributed by atoms with van der Waals surface area (Å²) in [5.41, 5.74) is 2.79. The van der Waals surface area contributed by atoms with Crippen LogP contribution in [0.3, 0.4) is 0 Å². The van der Waals surface area contributed by atoms with Gasteiger partial charge >= 0.3 is 0 Å². The fourth-order valence-electron chi connectivity index (χ4n) is 2.58. The lowest BCUT2D eigenvalue weighted by atomic mass is 10.0. The van der Waals surface area contributed by atoms with E-state index in [1.165, 1.54) is 0 Å². The number of carbonyl (C=O) groups excluding carboxylic acids is 1. The quantitative estimate of drug-likeness (QED) is 0.879. The van der Waals surface area contributed by atoms with Crippen LogP contribution in [-0.2, 0) is 11.2 Å². The zero-order chi connectivity index (χ0) is 15.4. The molecule has 0 saturated carbocycles. The summed E-state index contributed by atoms with van der Waals surface area (Å²) in [6.45, 7) is 2.48. The van der Waals surface area contributed by atoms with Gasteiger partial charge in [-0.1, -0.05) is 48.0 Å². The Balaban J connectivity index is 1.66. The number of ether oxygens (including phenoxy) is 1. The molecule has 0 radical (unpaired) electrons. The molecule has 0 aliphatic carbocycles. The minimum Gasteiger partial charge on any atom is -0.371 e. The number of hydrogen-bond donors (Lipinski definition) is 1. The van der Waals surface area contributed by atoms with Crippen molar-refractivity contribution < 1.29 is 9.53 Å². The van der Waals surface area contributed by atoms with Crippen molar-refractivity contribution in [2.45, 2.75) is 12.5 Å². The molecule has 3 rings (SSSR count). The molecule has 0 unspecified atom stereocenters. The van der Waals surface area contributed by atoms with E-state index >= 15 is 0 Å². The number of benzene rings is 2. The number of hydrogen-bond acceptors (Lipinski definition) is 3. The van der Waals surface area contributed by atoms with Crippen LogP contribution in [0.4, 0.5) is 0 Å². The van der Waals surface area contributed by atoms with Gasteiger partial charge in [0.15, 0.2) is 5.78 Å². The molecule has 0 aromatic heterocycles. The zero-order valence-electron chi connectivity index (χ0n) is 12.2. The van der Waals surface area contributed by atoms with Crippen molar-refractivity contribution in [1.29, 1.82) is 0 Å². The van der Waals surface area contributed by atoms with Gasteiger partial charge in [-0.2, -0.15) is 0 Å². The normalized spacial score (nSPS) is 18.1. The highest BCUT2D eigenvalue weighted by atomic mass is 35.5. The Morgan fingerprint density at radius 1 is 1.23 bits per heavy atom. The smallest absolute Gasteiger partial charge is 0.167 e. The van der Waals surface area contributed by atoms with E-state index in [0.29, 0.717) is 17.0 Å². The molecule has 3 nitrogen and oxygen atoms in total. The standard InChI is InChI=1S/C18H18ClNO2/c19-16-3-1-2-15(11-16)17(21)10-13-4-6-14(7-5-13)18-12-20-8-9-22-18/h1-7,11,18,20H,8-10,12H2/t18-/m1/s1. The molecular weight excluding hydrogens is 298 g/mol. The van der Waals surface area contributed by atoms with E-state index in [1.807, 2.05) is 24.3 Å². The van der Waals surface area contributed by atoms with Crippen LogP contribution in [0.25, 0.3) is 0 Å². The first-order chi connectivity index (χ1) is 10.7. The van der Waals surface area contributed by atoms with Gasteiger partial charge in [-0.25, -0.2) is 0 Å². The summed E-state index contributed by atoms with van der Waals surface area (Å²) < 4.78 is 5.72. The van der Waals surface area contributed by atoms with Gasteiger partial charge in [0.05, 0.1) is 12.7 Å². The van der Waals surface area contributed by atoms with E-state index in [1.54, 1.807) is 24.3 Å². The van der Waals surface area contributed by atoms with E-state index in [4.69, 9.17) is 16.3 Å². The fraction of sp³-hybridized carbons (Fsp3) is 0.278. The highest BCUT2D eigenvalue weighted by Gasteiger charge is 2.15. The number of morpholine rings is 1. The molecule has 0 amide bonds. The second-order valence-corrected chi connectivity index (χ2v) is 5.85. The highest BCUT2D eigenvalue weighted by Crippen LogP contribution is 2.20. The lowest BCUT2D eigenvalue weighted by Gasteiger charge is -2.24. The van der Waals surface area contributed by atoms with E-state index in [9.17, 15) is 4.79 Å². The Hall–Kier alpha value is -1.68. The van der Waals surface area contributed by atoms with Crippen LogP contribution >= 0.6 is 11.6 Å². The van der Waals surface area contributed by atoms with E-state index in [2.05, 4.69) is 5.32 Å². The fourth-order valence-corrected chi connectivity index (χ4v) is 2.77. The molecule has 1 atom stereocenters. The van der Waals surface area contributed by atoms with Crippen LogP contribution in [-0.4, -0.2) is 25.5 Å². The molecule has 114 valence electrons. The number of halogens is 1. The summed E-state index contributed by atoms with van der Waals surface area (Å²) in [4.78, 5) is 12.3. The van der Waals surface area contributed by atoms with Crippen molar-refractivity contribution in [2.75, 3.05) is 19.7 Å². The molecule has 4 heteroatoms. The molecule has 0 bridgehead atoms. The summed E-state index contributed by atoms with van der Waals surface area (Å²) in [5, 5.41) is 3.90. The van der Waals surface area contributed by atoms with Crippen LogP contribution in [0.1, 0.15) is 27.6 Å². The molecule has 22 heavy (non-hydrogen) atoms. The van der Waals surface area contributed by atoms with Crippen molar-refractivity contribution in [3.05, 3.63) is 70.2 Å². The second kappa shape index (κ2) is 7.05. The molecule has 2 aromatic carbocycles. The zero-order valence-corrected chi connectivity index (χ0v) is 13.0. The minimum atomic E-state index is 0.0748. The van der Waals surface area contributed by atoms with Crippen LogP contribution < -0.4 is 5.32 Å². The first kappa shape index (κ1) is 15.2. The molecule has 1 fully saturated rings. The number of Topliss-reactive ketones (excluding diaryl/α,β-unsaturated/α-hetero) is 1. The van der Waals surface area contributed by atoms with E-state index < -0.39 is 0 Å².